The molecule has 1 aromatic rings. The second-order valence-corrected chi connectivity index (χ2v) is 7.99. The molecule has 0 aromatic heterocycles. The normalized spacial score (nSPS) is 18.6. The molecule has 0 fully saturated rings. The van der Waals surface area contributed by atoms with E-state index >= 15 is 0 Å². The van der Waals surface area contributed by atoms with Crippen LogP contribution in [-0.2, 0) is 13.8 Å². The zero-order chi connectivity index (χ0) is 15.8. The summed E-state index contributed by atoms with van der Waals surface area (Å²) in [5.74, 6) is 0.600. The Hall–Kier alpha value is -1.27. The Morgan fingerprint density at radius 1 is 1.38 bits per heavy atom. The number of carbonyl (C=O) groups is 1. The lowest BCUT2D eigenvalue weighted by atomic mass is 10.1. The molecule has 0 bridgehead atoms. The third kappa shape index (κ3) is 3.32. The topological polar surface area (TPSA) is 63.7 Å². The van der Waals surface area contributed by atoms with E-state index in [1.807, 2.05) is 20.8 Å². The standard InChI is InChI=1S/C14H18ClNO4S/c1-4-12-14(17)16(8-9(2)3)11-7-10(21(15,18)19)5-6-13(11)20-12/h5-7,9,12H,4,8H2,1-3H3. The van der Waals surface area contributed by atoms with Gasteiger partial charge in [0.25, 0.3) is 15.0 Å². The summed E-state index contributed by atoms with van der Waals surface area (Å²) in [7, 11) is 1.53. The summed E-state index contributed by atoms with van der Waals surface area (Å²) >= 11 is 0. The third-order valence-electron chi connectivity index (χ3n) is 3.23. The molecule has 1 amide bonds. The van der Waals surface area contributed by atoms with Gasteiger partial charge in [0.1, 0.15) is 5.75 Å². The van der Waals surface area contributed by atoms with Crippen LogP contribution < -0.4 is 9.64 Å². The van der Waals surface area contributed by atoms with E-state index in [1.54, 1.807) is 11.0 Å². The molecule has 0 radical (unpaired) electrons. The molecule has 116 valence electrons. The second kappa shape index (κ2) is 5.85. The summed E-state index contributed by atoms with van der Waals surface area (Å²) in [6.07, 6.45) is 0.0253. The first-order valence-corrected chi connectivity index (χ1v) is 9.11. The highest BCUT2D eigenvalue weighted by Crippen LogP contribution is 2.37. The fraction of sp³-hybridized carbons (Fsp3) is 0.500. The molecule has 7 heteroatoms. The van der Waals surface area contributed by atoms with Gasteiger partial charge in [0.15, 0.2) is 6.10 Å². The van der Waals surface area contributed by atoms with Gasteiger partial charge in [-0.05, 0) is 30.5 Å². The van der Waals surface area contributed by atoms with Gasteiger partial charge in [-0.3, -0.25) is 4.79 Å². The van der Waals surface area contributed by atoms with E-state index in [2.05, 4.69) is 0 Å². The van der Waals surface area contributed by atoms with Crippen LogP contribution in [0.4, 0.5) is 5.69 Å². The number of nitrogens with zero attached hydrogens (tertiary/aromatic N) is 1. The van der Waals surface area contributed by atoms with Crippen molar-refractivity contribution in [3.05, 3.63) is 18.2 Å². The van der Waals surface area contributed by atoms with E-state index < -0.39 is 15.2 Å². The van der Waals surface area contributed by atoms with E-state index in [0.29, 0.717) is 24.4 Å². The van der Waals surface area contributed by atoms with E-state index in [0.717, 1.165) is 0 Å². The van der Waals surface area contributed by atoms with Crippen LogP contribution >= 0.6 is 10.7 Å². The first kappa shape index (κ1) is 16.1. The number of carbonyl (C=O) groups excluding carboxylic acids is 1. The molecule has 1 aliphatic heterocycles. The number of fused-ring (bicyclic) bond motifs is 1. The van der Waals surface area contributed by atoms with Crippen LogP contribution in [0.15, 0.2) is 23.1 Å². The van der Waals surface area contributed by atoms with Gasteiger partial charge in [-0.25, -0.2) is 8.42 Å². The maximum Gasteiger partial charge on any atom is 0.268 e. The van der Waals surface area contributed by atoms with Crippen molar-refractivity contribution in [3.8, 4) is 5.75 Å². The van der Waals surface area contributed by atoms with Crippen molar-refractivity contribution in [2.45, 2.75) is 38.2 Å². The van der Waals surface area contributed by atoms with E-state index in [-0.39, 0.29) is 16.7 Å². The lowest BCUT2D eigenvalue weighted by molar-refractivity contribution is -0.126. The molecule has 0 saturated carbocycles. The number of amides is 1. The summed E-state index contributed by atoms with van der Waals surface area (Å²) in [5.41, 5.74) is 0.458. The predicted octanol–water partition coefficient (Wildman–Crippen LogP) is 2.77. The largest absolute Gasteiger partial charge is 0.478 e. The highest BCUT2D eigenvalue weighted by atomic mass is 35.7. The van der Waals surface area contributed by atoms with Gasteiger partial charge in [-0.15, -0.1) is 0 Å². The fourth-order valence-electron chi connectivity index (χ4n) is 2.27. The molecule has 5 nitrogen and oxygen atoms in total. The van der Waals surface area contributed by atoms with Crippen molar-refractivity contribution in [3.63, 3.8) is 0 Å². The summed E-state index contributed by atoms with van der Waals surface area (Å²) in [6, 6.07) is 4.33. The smallest absolute Gasteiger partial charge is 0.268 e. The molecular weight excluding hydrogens is 314 g/mol. The van der Waals surface area contributed by atoms with Gasteiger partial charge < -0.3 is 9.64 Å². The van der Waals surface area contributed by atoms with Crippen LogP contribution in [-0.4, -0.2) is 27.0 Å². The van der Waals surface area contributed by atoms with Gasteiger partial charge in [0.2, 0.25) is 0 Å². The van der Waals surface area contributed by atoms with E-state index in [9.17, 15) is 13.2 Å². The molecule has 1 heterocycles. The molecule has 1 aromatic carbocycles. The van der Waals surface area contributed by atoms with Crippen LogP contribution in [0.2, 0.25) is 0 Å². The van der Waals surface area contributed by atoms with Crippen molar-refractivity contribution >= 4 is 31.3 Å². The van der Waals surface area contributed by atoms with Crippen LogP contribution in [0, 0.1) is 5.92 Å². The highest BCUT2D eigenvalue weighted by Gasteiger charge is 2.34. The molecule has 21 heavy (non-hydrogen) atoms. The summed E-state index contributed by atoms with van der Waals surface area (Å²) in [5, 5.41) is 0. The maximum absolute atomic E-state index is 12.4. The third-order valence-corrected chi connectivity index (χ3v) is 4.58. The Balaban J connectivity index is 2.53. The minimum absolute atomic E-state index is 0.0389. The highest BCUT2D eigenvalue weighted by molar-refractivity contribution is 8.13. The molecular formula is C14H18ClNO4S. The maximum atomic E-state index is 12.4. The number of hydrogen-bond donors (Lipinski definition) is 0. The average Bonchev–Trinajstić information content (AvgIpc) is 2.39. The number of anilines is 1. The number of rotatable bonds is 4. The quantitative estimate of drug-likeness (QED) is 0.796. The SMILES string of the molecule is CCC1Oc2ccc(S(=O)(=O)Cl)cc2N(CC(C)C)C1=O. The Bertz CT molecular complexity index is 657. The lowest BCUT2D eigenvalue weighted by Gasteiger charge is -2.35. The van der Waals surface area contributed by atoms with E-state index in [4.69, 9.17) is 15.4 Å². The van der Waals surface area contributed by atoms with Crippen molar-refractivity contribution in [1.29, 1.82) is 0 Å². The monoisotopic (exact) mass is 331 g/mol. The van der Waals surface area contributed by atoms with E-state index in [1.165, 1.54) is 12.1 Å². The lowest BCUT2D eigenvalue weighted by Crippen LogP contribution is -2.47. The van der Waals surface area contributed by atoms with Crippen LogP contribution in [0.25, 0.3) is 0 Å². The van der Waals surface area contributed by atoms with Crippen LogP contribution in [0.1, 0.15) is 27.2 Å². The number of hydrogen-bond acceptors (Lipinski definition) is 4. The average molecular weight is 332 g/mol. The number of benzene rings is 1. The molecule has 0 spiro atoms. The van der Waals surface area contributed by atoms with Gasteiger partial charge >= 0.3 is 0 Å². The van der Waals surface area contributed by atoms with Crippen molar-refractivity contribution in [2.24, 2.45) is 5.92 Å². The van der Waals surface area contributed by atoms with Gasteiger partial charge in [-0.1, -0.05) is 20.8 Å². The second-order valence-electron chi connectivity index (χ2n) is 5.42. The van der Waals surface area contributed by atoms with Crippen molar-refractivity contribution < 1.29 is 17.9 Å². The first-order chi connectivity index (χ1) is 9.74. The summed E-state index contributed by atoms with van der Waals surface area (Å²) < 4.78 is 28.6. The van der Waals surface area contributed by atoms with Crippen LogP contribution in [0.3, 0.4) is 0 Å². The Labute approximate surface area is 129 Å². The fourth-order valence-corrected chi connectivity index (χ4v) is 3.04. The zero-order valence-electron chi connectivity index (χ0n) is 12.2. The Kier molecular flexibility index (Phi) is 4.49. The van der Waals surface area contributed by atoms with Crippen molar-refractivity contribution in [1.82, 2.24) is 0 Å². The summed E-state index contributed by atoms with van der Waals surface area (Å²) in [6.45, 7) is 6.35. The van der Waals surface area contributed by atoms with Gasteiger partial charge in [0.05, 0.1) is 10.6 Å². The number of halogens is 1. The van der Waals surface area contributed by atoms with Crippen LogP contribution in [0.5, 0.6) is 5.75 Å². The molecule has 2 rings (SSSR count). The summed E-state index contributed by atoms with van der Waals surface area (Å²) in [4.78, 5) is 14.0. The molecule has 0 aliphatic carbocycles. The minimum atomic E-state index is -3.85. The Morgan fingerprint density at radius 3 is 2.57 bits per heavy atom. The number of ether oxygens (including phenoxy) is 1. The zero-order valence-corrected chi connectivity index (χ0v) is 13.7. The molecule has 1 unspecified atom stereocenters. The van der Waals surface area contributed by atoms with Gasteiger partial charge in [-0.2, -0.15) is 0 Å². The molecule has 1 aliphatic rings. The predicted molar refractivity (Wildman–Crippen MR) is 81.4 cm³/mol. The molecule has 1 atom stereocenters. The van der Waals surface area contributed by atoms with Crippen molar-refractivity contribution in [2.75, 3.05) is 11.4 Å². The molecule has 0 saturated heterocycles. The molecule has 0 N–H and O–H groups in total. The Morgan fingerprint density at radius 2 is 2.05 bits per heavy atom. The van der Waals surface area contributed by atoms with Gasteiger partial charge in [0, 0.05) is 17.2 Å². The minimum Gasteiger partial charge on any atom is -0.478 e. The first-order valence-electron chi connectivity index (χ1n) is 6.80.